The van der Waals surface area contributed by atoms with Crippen LogP contribution in [0, 0.1) is 6.92 Å². The minimum absolute atomic E-state index is 0.0116. The molecular weight excluding hydrogens is 310 g/mol. The number of nitrogens with one attached hydrogen (secondary N) is 1. The van der Waals surface area contributed by atoms with Crippen LogP contribution < -0.4 is 10.1 Å². The Labute approximate surface area is 140 Å². The highest BCUT2D eigenvalue weighted by Gasteiger charge is 2.21. The van der Waals surface area contributed by atoms with Gasteiger partial charge in [0.15, 0.2) is 6.10 Å². The maximum Gasteiger partial charge on any atom is 0.342 e. The Hall–Kier alpha value is -3.02. The van der Waals surface area contributed by atoms with Crippen LogP contribution in [0.1, 0.15) is 22.8 Å². The van der Waals surface area contributed by atoms with Gasteiger partial charge in [-0.1, -0.05) is 18.2 Å². The van der Waals surface area contributed by atoms with E-state index in [1.54, 1.807) is 37.3 Å². The van der Waals surface area contributed by atoms with E-state index >= 15 is 0 Å². The predicted molar refractivity (Wildman–Crippen MR) is 89.3 cm³/mol. The fourth-order valence-corrected chi connectivity index (χ4v) is 2.07. The third-order valence-electron chi connectivity index (χ3n) is 3.39. The Morgan fingerprint density at radius 3 is 2.54 bits per heavy atom. The number of aromatic hydroxyl groups is 1. The number of carbonyl (C=O) groups excluding carboxylic acids is 2. The number of para-hydroxylation sites is 2. The van der Waals surface area contributed by atoms with Gasteiger partial charge >= 0.3 is 5.97 Å². The summed E-state index contributed by atoms with van der Waals surface area (Å²) in [5, 5.41) is 12.4. The number of esters is 1. The first-order valence-electron chi connectivity index (χ1n) is 7.37. The van der Waals surface area contributed by atoms with Crippen molar-refractivity contribution in [1.82, 2.24) is 0 Å². The van der Waals surface area contributed by atoms with Gasteiger partial charge in [0.2, 0.25) is 0 Å². The molecule has 126 valence electrons. The zero-order valence-electron chi connectivity index (χ0n) is 13.7. The third-order valence-corrected chi connectivity index (χ3v) is 3.39. The van der Waals surface area contributed by atoms with E-state index in [0.29, 0.717) is 11.4 Å². The number of anilines is 1. The molecule has 0 unspecified atom stereocenters. The second-order valence-corrected chi connectivity index (χ2v) is 5.26. The van der Waals surface area contributed by atoms with Crippen molar-refractivity contribution in [2.24, 2.45) is 0 Å². The molecule has 24 heavy (non-hydrogen) atoms. The summed E-state index contributed by atoms with van der Waals surface area (Å²) in [6.45, 7) is 3.24. The molecule has 6 nitrogen and oxygen atoms in total. The van der Waals surface area contributed by atoms with Crippen molar-refractivity contribution in [1.29, 1.82) is 0 Å². The Kier molecular flexibility index (Phi) is 5.42. The number of amides is 1. The maximum absolute atomic E-state index is 12.2. The minimum Gasteiger partial charge on any atom is -0.507 e. The SMILES string of the molecule is COc1ccccc1NC(=O)[C@@H](C)OC(=O)c1ccc(C)cc1O. The first-order valence-corrected chi connectivity index (χ1v) is 7.37. The normalized spacial score (nSPS) is 11.5. The first kappa shape index (κ1) is 17.3. The van der Waals surface area contributed by atoms with E-state index in [2.05, 4.69) is 5.32 Å². The molecule has 0 fully saturated rings. The zero-order chi connectivity index (χ0) is 17.7. The molecular formula is C18H19NO5. The van der Waals surface area contributed by atoms with Gasteiger partial charge in [-0.3, -0.25) is 4.79 Å². The third kappa shape index (κ3) is 4.04. The Bertz CT molecular complexity index is 757. The van der Waals surface area contributed by atoms with Gasteiger partial charge in [-0.2, -0.15) is 0 Å². The largest absolute Gasteiger partial charge is 0.507 e. The van der Waals surface area contributed by atoms with Crippen LogP contribution in [0.5, 0.6) is 11.5 Å². The van der Waals surface area contributed by atoms with E-state index in [0.717, 1.165) is 5.56 Å². The second-order valence-electron chi connectivity index (χ2n) is 5.26. The summed E-state index contributed by atoms with van der Waals surface area (Å²) in [5.74, 6) is -0.951. The summed E-state index contributed by atoms with van der Waals surface area (Å²) < 4.78 is 10.3. The topological polar surface area (TPSA) is 84.9 Å². The van der Waals surface area contributed by atoms with Crippen LogP contribution in [0.3, 0.4) is 0 Å². The number of aryl methyl sites for hydroxylation is 1. The molecule has 0 aromatic heterocycles. The van der Waals surface area contributed by atoms with Gasteiger partial charge in [0.05, 0.1) is 12.8 Å². The highest BCUT2D eigenvalue weighted by molar-refractivity contribution is 5.99. The second kappa shape index (κ2) is 7.50. The van der Waals surface area contributed by atoms with Crippen LogP contribution >= 0.6 is 0 Å². The van der Waals surface area contributed by atoms with Crippen molar-refractivity contribution < 1.29 is 24.2 Å². The van der Waals surface area contributed by atoms with Gasteiger partial charge in [-0.05, 0) is 43.7 Å². The van der Waals surface area contributed by atoms with Gasteiger partial charge in [0.1, 0.15) is 17.1 Å². The average molecular weight is 329 g/mol. The highest BCUT2D eigenvalue weighted by Crippen LogP contribution is 2.24. The van der Waals surface area contributed by atoms with Crippen LogP contribution in [0.4, 0.5) is 5.69 Å². The molecule has 2 rings (SSSR count). The van der Waals surface area contributed by atoms with Gasteiger partial charge in [0, 0.05) is 0 Å². The smallest absolute Gasteiger partial charge is 0.342 e. The van der Waals surface area contributed by atoms with Crippen LogP contribution in [-0.4, -0.2) is 30.2 Å². The quantitative estimate of drug-likeness (QED) is 0.824. The van der Waals surface area contributed by atoms with Crippen molar-refractivity contribution in [3.05, 3.63) is 53.6 Å². The standard InChI is InChI=1S/C18H19NO5/c1-11-8-9-13(15(20)10-11)18(22)24-12(2)17(21)19-14-6-4-5-7-16(14)23-3/h4-10,12,20H,1-3H3,(H,19,21)/t12-/m1/s1. The van der Waals surface area contributed by atoms with E-state index < -0.39 is 18.0 Å². The molecule has 0 heterocycles. The summed E-state index contributed by atoms with van der Waals surface area (Å²) >= 11 is 0. The Morgan fingerprint density at radius 1 is 1.17 bits per heavy atom. The average Bonchev–Trinajstić information content (AvgIpc) is 2.55. The van der Waals surface area contributed by atoms with E-state index in [1.807, 2.05) is 0 Å². The molecule has 1 amide bonds. The summed E-state index contributed by atoms with van der Waals surface area (Å²) in [6.07, 6.45) is -1.04. The maximum atomic E-state index is 12.2. The van der Waals surface area contributed by atoms with Crippen molar-refractivity contribution in [2.45, 2.75) is 20.0 Å². The fraction of sp³-hybridized carbons (Fsp3) is 0.222. The lowest BCUT2D eigenvalue weighted by atomic mass is 10.1. The first-order chi connectivity index (χ1) is 11.4. The van der Waals surface area contributed by atoms with Crippen LogP contribution in [0.25, 0.3) is 0 Å². The van der Waals surface area contributed by atoms with Crippen molar-refractivity contribution >= 4 is 17.6 Å². The van der Waals surface area contributed by atoms with Gasteiger partial charge in [-0.15, -0.1) is 0 Å². The number of hydrogen-bond acceptors (Lipinski definition) is 5. The van der Waals surface area contributed by atoms with Gasteiger partial charge < -0.3 is 19.9 Å². The molecule has 0 spiro atoms. The van der Waals surface area contributed by atoms with E-state index in [9.17, 15) is 14.7 Å². The van der Waals surface area contributed by atoms with Gasteiger partial charge in [-0.25, -0.2) is 4.79 Å². The summed E-state index contributed by atoms with van der Waals surface area (Å²) in [5.41, 5.74) is 1.30. The molecule has 2 aromatic rings. The molecule has 0 bridgehead atoms. The van der Waals surface area contributed by atoms with Crippen LogP contribution in [0.2, 0.25) is 0 Å². The summed E-state index contributed by atoms with van der Waals surface area (Å²) in [4.78, 5) is 24.3. The number of carbonyl (C=O) groups is 2. The van der Waals surface area contributed by atoms with E-state index in [-0.39, 0.29) is 11.3 Å². The monoisotopic (exact) mass is 329 g/mol. The molecule has 2 N–H and O–H groups in total. The lowest BCUT2D eigenvalue weighted by Crippen LogP contribution is -2.30. The van der Waals surface area contributed by atoms with Crippen molar-refractivity contribution in [2.75, 3.05) is 12.4 Å². The molecule has 0 saturated carbocycles. The predicted octanol–water partition coefficient (Wildman–Crippen LogP) is 2.89. The molecule has 0 radical (unpaired) electrons. The molecule has 0 aliphatic carbocycles. The van der Waals surface area contributed by atoms with Crippen LogP contribution in [-0.2, 0) is 9.53 Å². The highest BCUT2D eigenvalue weighted by atomic mass is 16.5. The van der Waals surface area contributed by atoms with Crippen LogP contribution in [0.15, 0.2) is 42.5 Å². The molecule has 0 aliphatic heterocycles. The number of ether oxygens (including phenoxy) is 2. The summed E-state index contributed by atoms with van der Waals surface area (Å²) in [7, 11) is 1.49. The Morgan fingerprint density at radius 2 is 1.88 bits per heavy atom. The Balaban J connectivity index is 2.04. The number of phenolic OH excluding ortho intramolecular Hbond substituents is 1. The number of rotatable bonds is 5. The van der Waals surface area contributed by atoms with Crippen molar-refractivity contribution in [3.8, 4) is 11.5 Å². The molecule has 6 heteroatoms. The minimum atomic E-state index is -1.04. The fourth-order valence-electron chi connectivity index (χ4n) is 2.07. The van der Waals surface area contributed by atoms with Crippen molar-refractivity contribution in [3.63, 3.8) is 0 Å². The number of methoxy groups -OCH3 is 1. The number of benzene rings is 2. The number of phenols is 1. The lowest BCUT2D eigenvalue weighted by Gasteiger charge is -2.15. The molecule has 1 atom stereocenters. The van der Waals surface area contributed by atoms with Gasteiger partial charge in [0.25, 0.3) is 5.91 Å². The van der Waals surface area contributed by atoms with E-state index in [1.165, 1.54) is 26.2 Å². The molecule has 2 aromatic carbocycles. The number of hydrogen-bond donors (Lipinski definition) is 2. The molecule has 0 saturated heterocycles. The summed E-state index contributed by atoms with van der Waals surface area (Å²) in [6, 6.07) is 11.5. The molecule has 0 aliphatic rings. The zero-order valence-corrected chi connectivity index (χ0v) is 13.7. The lowest BCUT2D eigenvalue weighted by molar-refractivity contribution is -0.123. The van der Waals surface area contributed by atoms with E-state index in [4.69, 9.17) is 9.47 Å².